The van der Waals surface area contributed by atoms with Crippen molar-refractivity contribution in [2.75, 3.05) is 0 Å². The molecule has 0 atom stereocenters. The Morgan fingerprint density at radius 2 is 1.40 bits per heavy atom. The van der Waals surface area contributed by atoms with Crippen LogP contribution in [0.4, 0.5) is 0 Å². The maximum atomic E-state index is 12.0. The monoisotopic (exact) mass is 262 g/mol. The van der Waals surface area contributed by atoms with Gasteiger partial charge < -0.3 is 0 Å². The molecule has 0 saturated heterocycles. The lowest BCUT2D eigenvalue weighted by molar-refractivity contribution is 0.0982. The Bertz CT molecular complexity index is 860. The summed E-state index contributed by atoms with van der Waals surface area (Å²) in [5.74, 6) is -0.152. The van der Waals surface area contributed by atoms with Crippen LogP contribution in [0.2, 0.25) is 0 Å². The summed E-state index contributed by atoms with van der Waals surface area (Å²) in [4.78, 5) is 23.7. The highest BCUT2D eigenvalue weighted by atomic mass is 16.1. The Balaban J connectivity index is 2.52. The van der Waals surface area contributed by atoms with Crippen molar-refractivity contribution in [2.24, 2.45) is 0 Å². The molecule has 0 spiro atoms. The van der Waals surface area contributed by atoms with Crippen LogP contribution in [0.1, 0.15) is 34.6 Å². The molecule has 0 N–H and O–H groups in total. The fourth-order valence-corrected chi connectivity index (χ4v) is 2.76. The summed E-state index contributed by atoms with van der Waals surface area (Å²) in [6.07, 6.45) is 0. The normalized spacial score (nSPS) is 10.9. The van der Waals surface area contributed by atoms with Crippen molar-refractivity contribution in [2.45, 2.75) is 13.8 Å². The maximum Gasteiger partial charge on any atom is 0.161 e. The second kappa shape index (κ2) is 4.57. The molecule has 3 aromatic rings. The summed E-state index contributed by atoms with van der Waals surface area (Å²) in [5.41, 5.74) is 1.03. The van der Waals surface area contributed by atoms with Gasteiger partial charge >= 0.3 is 0 Å². The highest BCUT2D eigenvalue weighted by molar-refractivity contribution is 6.20. The molecule has 0 unspecified atom stereocenters. The van der Waals surface area contributed by atoms with Crippen molar-refractivity contribution < 1.29 is 9.59 Å². The van der Waals surface area contributed by atoms with Gasteiger partial charge in [-0.15, -0.1) is 0 Å². The van der Waals surface area contributed by atoms with Gasteiger partial charge in [0.25, 0.3) is 0 Å². The predicted molar refractivity (Wildman–Crippen MR) is 81.5 cm³/mol. The van der Waals surface area contributed by atoms with E-state index in [1.54, 1.807) is 6.07 Å². The van der Waals surface area contributed by atoms with E-state index >= 15 is 0 Å². The van der Waals surface area contributed by atoms with Crippen molar-refractivity contribution in [1.29, 1.82) is 0 Å². The molecule has 20 heavy (non-hydrogen) atoms. The van der Waals surface area contributed by atoms with Gasteiger partial charge in [0.15, 0.2) is 11.6 Å². The molecule has 0 saturated carbocycles. The van der Waals surface area contributed by atoms with Crippen LogP contribution in [0.5, 0.6) is 0 Å². The summed E-state index contributed by atoms with van der Waals surface area (Å²) < 4.78 is 0. The summed E-state index contributed by atoms with van der Waals surface area (Å²) in [6, 6.07) is 15.7. The number of carbonyl (C=O) groups is 2. The van der Waals surface area contributed by atoms with Gasteiger partial charge in [-0.3, -0.25) is 9.59 Å². The Labute approximate surface area is 117 Å². The molecule has 0 amide bonds. The third-order valence-electron chi connectivity index (χ3n) is 3.66. The van der Waals surface area contributed by atoms with Gasteiger partial charge in [-0.25, -0.2) is 0 Å². The number of rotatable bonds is 2. The Kier molecular flexibility index (Phi) is 2.87. The fraction of sp³-hybridized carbons (Fsp3) is 0.111. The average Bonchev–Trinajstić information content (AvgIpc) is 2.45. The lowest BCUT2D eigenvalue weighted by Gasteiger charge is -2.10. The van der Waals surface area contributed by atoms with Gasteiger partial charge in [-0.05, 0) is 35.4 Å². The molecule has 3 aromatic carbocycles. The fourth-order valence-electron chi connectivity index (χ4n) is 2.76. The van der Waals surface area contributed by atoms with Gasteiger partial charge in [0.2, 0.25) is 0 Å². The van der Waals surface area contributed by atoms with Crippen molar-refractivity contribution in [1.82, 2.24) is 0 Å². The van der Waals surface area contributed by atoms with Crippen LogP contribution in [-0.4, -0.2) is 11.6 Å². The molecule has 0 fully saturated rings. The molecule has 0 heterocycles. The minimum atomic E-state index is -0.0785. The van der Waals surface area contributed by atoms with Crippen LogP contribution in [0.25, 0.3) is 21.5 Å². The standard InChI is InChI=1S/C18H14O2/c1-11(19)14-9-10-16-15-6-4-3-5-13(15)7-8-17(16)18(14)12(2)20/h3-10H,1-2H3. The lowest BCUT2D eigenvalue weighted by atomic mass is 9.92. The van der Waals surface area contributed by atoms with E-state index in [1.807, 2.05) is 42.5 Å². The summed E-state index contributed by atoms with van der Waals surface area (Å²) in [7, 11) is 0. The van der Waals surface area contributed by atoms with Gasteiger partial charge in [0.1, 0.15) is 0 Å². The molecule has 0 aliphatic carbocycles. The number of Topliss-reactive ketones (excluding diaryl/α,β-unsaturated/α-hetero) is 2. The summed E-state index contributed by atoms with van der Waals surface area (Å²) >= 11 is 0. The first-order valence-corrected chi connectivity index (χ1v) is 6.56. The van der Waals surface area contributed by atoms with Crippen molar-refractivity contribution in [3.8, 4) is 0 Å². The highest BCUT2D eigenvalue weighted by Gasteiger charge is 2.15. The van der Waals surface area contributed by atoms with Crippen molar-refractivity contribution >= 4 is 33.1 Å². The second-order valence-electron chi connectivity index (χ2n) is 4.98. The molecular formula is C18H14O2. The summed E-state index contributed by atoms with van der Waals surface area (Å²) in [6.45, 7) is 3.01. The molecule has 3 rings (SSSR count). The Morgan fingerprint density at radius 1 is 0.700 bits per heavy atom. The molecule has 98 valence electrons. The minimum absolute atomic E-state index is 0.0731. The smallest absolute Gasteiger partial charge is 0.161 e. The summed E-state index contributed by atoms with van der Waals surface area (Å²) in [5, 5.41) is 4.09. The molecular weight excluding hydrogens is 248 g/mol. The zero-order chi connectivity index (χ0) is 14.3. The van der Waals surface area contributed by atoms with Crippen LogP contribution in [0.15, 0.2) is 48.5 Å². The van der Waals surface area contributed by atoms with Crippen LogP contribution >= 0.6 is 0 Å². The number of hydrogen-bond donors (Lipinski definition) is 0. The predicted octanol–water partition coefficient (Wildman–Crippen LogP) is 4.40. The zero-order valence-corrected chi connectivity index (χ0v) is 11.4. The molecule has 2 nitrogen and oxygen atoms in total. The number of ketones is 2. The van der Waals surface area contributed by atoms with Gasteiger partial charge in [0, 0.05) is 11.1 Å². The quantitative estimate of drug-likeness (QED) is 0.506. The third kappa shape index (κ3) is 1.81. The van der Waals surface area contributed by atoms with Crippen LogP contribution in [0, 0.1) is 0 Å². The van der Waals surface area contributed by atoms with E-state index < -0.39 is 0 Å². The lowest BCUT2D eigenvalue weighted by Crippen LogP contribution is -2.05. The van der Waals surface area contributed by atoms with E-state index in [2.05, 4.69) is 0 Å². The van der Waals surface area contributed by atoms with E-state index in [0.717, 1.165) is 21.5 Å². The van der Waals surface area contributed by atoms with E-state index in [0.29, 0.717) is 11.1 Å². The Morgan fingerprint density at radius 3 is 2.10 bits per heavy atom. The zero-order valence-electron chi connectivity index (χ0n) is 11.4. The topological polar surface area (TPSA) is 34.1 Å². The molecule has 0 aliphatic rings. The third-order valence-corrected chi connectivity index (χ3v) is 3.66. The first-order chi connectivity index (χ1) is 9.59. The number of carbonyl (C=O) groups excluding carboxylic acids is 2. The Hall–Kier alpha value is -2.48. The van der Waals surface area contributed by atoms with Crippen molar-refractivity contribution in [3.63, 3.8) is 0 Å². The van der Waals surface area contributed by atoms with Gasteiger partial charge in [-0.2, -0.15) is 0 Å². The first-order valence-electron chi connectivity index (χ1n) is 6.56. The number of hydrogen-bond acceptors (Lipinski definition) is 2. The molecule has 0 radical (unpaired) electrons. The highest BCUT2D eigenvalue weighted by Crippen LogP contribution is 2.30. The molecule has 0 aromatic heterocycles. The number of benzene rings is 3. The maximum absolute atomic E-state index is 12.0. The molecule has 0 bridgehead atoms. The van der Waals surface area contributed by atoms with E-state index in [4.69, 9.17) is 0 Å². The average molecular weight is 262 g/mol. The van der Waals surface area contributed by atoms with Crippen LogP contribution < -0.4 is 0 Å². The van der Waals surface area contributed by atoms with E-state index in [9.17, 15) is 9.59 Å². The van der Waals surface area contributed by atoms with Gasteiger partial charge in [-0.1, -0.05) is 48.5 Å². The van der Waals surface area contributed by atoms with Crippen LogP contribution in [-0.2, 0) is 0 Å². The van der Waals surface area contributed by atoms with Crippen LogP contribution in [0.3, 0.4) is 0 Å². The van der Waals surface area contributed by atoms with Gasteiger partial charge in [0.05, 0.1) is 0 Å². The minimum Gasteiger partial charge on any atom is -0.294 e. The molecule has 0 aliphatic heterocycles. The largest absolute Gasteiger partial charge is 0.294 e. The van der Waals surface area contributed by atoms with Crippen molar-refractivity contribution in [3.05, 3.63) is 59.7 Å². The molecule has 2 heteroatoms. The first kappa shape index (κ1) is 12.5. The SMILES string of the molecule is CC(=O)c1ccc2c(ccc3ccccc32)c1C(C)=O. The second-order valence-corrected chi connectivity index (χ2v) is 4.98. The van der Waals surface area contributed by atoms with E-state index in [-0.39, 0.29) is 11.6 Å². The van der Waals surface area contributed by atoms with E-state index in [1.165, 1.54) is 13.8 Å². The number of fused-ring (bicyclic) bond motifs is 3.